The topological polar surface area (TPSA) is 90.5 Å². The Labute approximate surface area is 203 Å². The number of nitrogens with one attached hydrogen (secondary N) is 1. The Hall–Kier alpha value is -2.13. The molecule has 3 aromatic rings. The van der Waals surface area contributed by atoms with E-state index in [9.17, 15) is 19.9 Å². The maximum atomic E-state index is 12.3. The summed E-state index contributed by atoms with van der Waals surface area (Å²) in [5.41, 5.74) is 1.21. The van der Waals surface area contributed by atoms with E-state index in [-0.39, 0.29) is 16.8 Å². The molecule has 0 bridgehead atoms. The van der Waals surface area contributed by atoms with Crippen LogP contribution in [0.2, 0.25) is 0 Å². The van der Waals surface area contributed by atoms with Crippen LogP contribution < -0.4 is 10.0 Å². The van der Waals surface area contributed by atoms with E-state index in [0.29, 0.717) is 4.88 Å². The molecule has 0 saturated carbocycles. The molecule has 0 atom stereocenters. The Morgan fingerprint density at radius 1 is 1.13 bits per heavy atom. The summed E-state index contributed by atoms with van der Waals surface area (Å²) in [6.45, 7) is 3.78. The lowest BCUT2D eigenvalue weighted by Gasteiger charge is -2.05. The fraction of sp³-hybridized carbons (Fsp3) is 0.190. The molecule has 3 rings (SSSR count). The molecule has 6 nitrogen and oxygen atoms in total. The number of hydrogen-bond donors (Lipinski definition) is 3. The van der Waals surface area contributed by atoms with E-state index in [1.807, 2.05) is 26.0 Å². The molecular weight excluding hydrogens is 527 g/mol. The fourth-order valence-corrected chi connectivity index (χ4v) is 3.53. The number of carboxylic acid groups (broad SMARTS) is 1. The number of nitrogens with zero attached hydrogens (tertiary/aromatic N) is 1. The number of aromatic nitrogens is 1. The van der Waals surface area contributed by atoms with E-state index in [1.54, 1.807) is 17.5 Å². The number of aromatic carboxylic acids is 1. The highest BCUT2D eigenvalue weighted by Gasteiger charge is 2.22. The monoisotopic (exact) mass is 547 g/mol. The summed E-state index contributed by atoms with van der Waals surface area (Å²) < 4.78 is 1.65. The predicted molar refractivity (Wildman–Crippen MR) is 129 cm³/mol. The minimum Gasteiger partial charge on any atom is -0.478 e. The first-order valence-corrected chi connectivity index (χ1v) is 11.8. The predicted octanol–water partition coefficient (Wildman–Crippen LogP) is 6.14. The summed E-state index contributed by atoms with van der Waals surface area (Å²) in [5.74, 6) is -0.189. The van der Waals surface area contributed by atoms with Crippen molar-refractivity contribution in [1.82, 2.24) is 0 Å². The summed E-state index contributed by atoms with van der Waals surface area (Å²) in [4.78, 5) is 24.6. The summed E-state index contributed by atoms with van der Waals surface area (Å²) in [6.07, 6.45) is 2.60. The number of carboxylic acids is 1. The summed E-state index contributed by atoms with van der Waals surface area (Å²) in [5, 5.41) is 23.2. The first kappa shape index (κ1) is 26.9. The molecule has 0 spiro atoms. The minimum atomic E-state index is -1.13. The third kappa shape index (κ3) is 8.49. The van der Waals surface area contributed by atoms with Crippen LogP contribution in [0.15, 0.2) is 58.6 Å². The number of pyridine rings is 1. The highest BCUT2D eigenvalue weighted by atomic mass is 79.9. The molecule has 2 heterocycles. The number of thiophene rings is 1. The number of carbonyl (C=O) groups is 2. The Bertz CT molecular complexity index is 995. The molecule has 0 aliphatic rings. The largest absolute Gasteiger partial charge is 0.478 e. The van der Waals surface area contributed by atoms with E-state index in [4.69, 9.17) is 23.2 Å². The quantitative estimate of drug-likeness (QED) is 0.207. The molecule has 0 aliphatic heterocycles. The van der Waals surface area contributed by atoms with E-state index in [1.165, 1.54) is 35.9 Å². The SMILES string of the molecule is CCCl.CCCl.O=C(Nc1csc(-c2ccc(Br)cc2)c1C(=O)O)c1ccc[n+](O)c1. The molecule has 0 aliphatic carbocycles. The second-order valence-corrected chi connectivity index (χ2v) is 8.49. The molecule has 166 valence electrons. The van der Waals surface area contributed by atoms with Crippen LogP contribution >= 0.6 is 50.5 Å². The second-order valence-electron chi connectivity index (χ2n) is 5.63. The Morgan fingerprint density at radius 3 is 2.23 bits per heavy atom. The van der Waals surface area contributed by atoms with Crippen molar-refractivity contribution >= 4 is 68.0 Å². The van der Waals surface area contributed by atoms with Gasteiger partial charge in [-0.3, -0.25) is 10.0 Å². The van der Waals surface area contributed by atoms with Crippen molar-refractivity contribution in [2.75, 3.05) is 17.1 Å². The van der Waals surface area contributed by atoms with Crippen molar-refractivity contribution in [2.45, 2.75) is 13.8 Å². The number of carbonyl (C=O) groups excluding carboxylic acids is 1. The van der Waals surface area contributed by atoms with Gasteiger partial charge in [-0.15, -0.1) is 34.5 Å². The minimum absolute atomic E-state index is 0.0356. The zero-order chi connectivity index (χ0) is 23.4. The zero-order valence-electron chi connectivity index (χ0n) is 16.8. The maximum absolute atomic E-state index is 12.3. The van der Waals surface area contributed by atoms with Gasteiger partial charge in [0.1, 0.15) is 11.1 Å². The first-order valence-electron chi connectivity index (χ1n) is 9.03. The van der Waals surface area contributed by atoms with Crippen LogP contribution in [0.1, 0.15) is 34.6 Å². The van der Waals surface area contributed by atoms with Crippen LogP contribution in [0.4, 0.5) is 5.69 Å². The van der Waals surface area contributed by atoms with Crippen LogP contribution in [-0.4, -0.2) is 34.0 Å². The van der Waals surface area contributed by atoms with Crippen molar-refractivity contribution in [1.29, 1.82) is 0 Å². The highest BCUT2D eigenvalue weighted by Crippen LogP contribution is 2.36. The Balaban J connectivity index is 0.000000720. The van der Waals surface area contributed by atoms with Gasteiger partial charge < -0.3 is 10.4 Å². The number of benzene rings is 1. The molecule has 0 saturated heterocycles. The van der Waals surface area contributed by atoms with Crippen LogP contribution in [0, 0.1) is 0 Å². The van der Waals surface area contributed by atoms with Crippen molar-refractivity contribution in [3.63, 3.8) is 0 Å². The van der Waals surface area contributed by atoms with E-state index < -0.39 is 11.9 Å². The van der Waals surface area contributed by atoms with Crippen molar-refractivity contribution in [2.24, 2.45) is 0 Å². The number of anilines is 1. The highest BCUT2D eigenvalue weighted by molar-refractivity contribution is 9.10. The number of hydrogen-bond acceptors (Lipinski definition) is 4. The normalized spacial score (nSPS) is 9.58. The third-order valence-corrected chi connectivity index (χ3v) is 4.97. The lowest BCUT2D eigenvalue weighted by atomic mass is 10.1. The standard InChI is InChI=1S/C17H11BrN2O4S.2C2H5Cl/c18-12-5-3-10(4-6-12)15-14(17(22)23)13(9-25-15)19-16(21)11-2-1-7-20(24)8-11;2*1-2-3/h1-9H,(H2-,19,21,22,23,24);2*2H2,1H3/p+1. The van der Waals surface area contributed by atoms with Gasteiger partial charge in [-0.1, -0.05) is 41.9 Å². The van der Waals surface area contributed by atoms with Gasteiger partial charge >= 0.3 is 5.97 Å². The first-order chi connectivity index (χ1) is 14.8. The number of halogens is 3. The van der Waals surface area contributed by atoms with Crippen LogP contribution in [0.5, 0.6) is 0 Å². The number of alkyl halides is 2. The summed E-state index contributed by atoms with van der Waals surface area (Å²) in [6, 6.07) is 10.3. The van der Waals surface area contributed by atoms with E-state index >= 15 is 0 Å². The van der Waals surface area contributed by atoms with Gasteiger partial charge in [-0.2, -0.15) is 0 Å². The Kier molecular flexibility index (Phi) is 12.2. The van der Waals surface area contributed by atoms with Crippen molar-refractivity contribution in [3.05, 3.63) is 69.8 Å². The van der Waals surface area contributed by atoms with Crippen LogP contribution in [-0.2, 0) is 0 Å². The number of rotatable bonds is 4. The van der Waals surface area contributed by atoms with Crippen molar-refractivity contribution < 1.29 is 24.6 Å². The average Bonchev–Trinajstić information content (AvgIpc) is 3.13. The molecular formula is C21H22BrCl2N2O4S+. The lowest BCUT2D eigenvalue weighted by molar-refractivity contribution is -0.904. The molecule has 0 unspecified atom stereocenters. The van der Waals surface area contributed by atoms with Gasteiger partial charge in [0.05, 0.1) is 10.6 Å². The fourth-order valence-electron chi connectivity index (χ4n) is 2.27. The van der Waals surface area contributed by atoms with E-state index in [0.717, 1.165) is 26.5 Å². The Morgan fingerprint density at radius 2 is 1.71 bits per heavy atom. The lowest BCUT2D eigenvalue weighted by Crippen LogP contribution is -2.30. The summed E-state index contributed by atoms with van der Waals surface area (Å²) in [7, 11) is 0. The zero-order valence-corrected chi connectivity index (χ0v) is 20.7. The molecule has 10 heteroatoms. The van der Waals surface area contributed by atoms with Gasteiger partial charge in [0.25, 0.3) is 5.91 Å². The molecule has 1 amide bonds. The molecule has 0 fully saturated rings. The molecule has 1 aromatic carbocycles. The van der Waals surface area contributed by atoms with Gasteiger partial charge in [-0.25, -0.2) is 4.79 Å². The molecule has 2 aromatic heterocycles. The van der Waals surface area contributed by atoms with Gasteiger partial charge in [0.15, 0.2) is 0 Å². The molecule has 0 radical (unpaired) electrons. The summed E-state index contributed by atoms with van der Waals surface area (Å²) >= 11 is 14.6. The second kappa shape index (κ2) is 14.0. The third-order valence-electron chi connectivity index (χ3n) is 3.41. The van der Waals surface area contributed by atoms with Gasteiger partial charge in [0, 0.05) is 32.4 Å². The van der Waals surface area contributed by atoms with Crippen molar-refractivity contribution in [3.8, 4) is 10.4 Å². The molecule has 31 heavy (non-hydrogen) atoms. The van der Waals surface area contributed by atoms with Crippen LogP contribution in [0.3, 0.4) is 0 Å². The maximum Gasteiger partial charge on any atom is 0.339 e. The van der Waals surface area contributed by atoms with E-state index in [2.05, 4.69) is 21.2 Å². The van der Waals surface area contributed by atoms with Crippen LogP contribution in [0.25, 0.3) is 10.4 Å². The van der Waals surface area contributed by atoms with Gasteiger partial charge in [-0.05, 0) is 23.8 Å². The number of amides is 1. The van der Waals surface area contributed by atoms with Gasteiger partial charge in [0.2, 0.25) is 12.4 Å². The smallest absolute Gasteiger partial charge is 0.339 e. The average molecular weight is 549 g/mol. The molecule has 3 N–H and O–H groups in total.